The van der Waals surface area contributed by atoms with Gasteiger partial charge in [-0.3, -0.25) is 0 Å². The van der Waals surface area contributed by atoms with E-state index in [0.29, 0.717) is 0 Å². The van der Waals surface area contributed by atoms with Gasteiger partial charge in [0.05, 0.1) is 0 Å². The summed E-state index contributed by atoms with van der Waals surface area (Å²) in [5.74, 6) is 0.991. The van der Waals surface area contributed by atoms with Gasteiger partial charge in [0.1, 0.15) is 18.5 Å². The van der Waals surface area contributed by atoms with Crippen LogP contribution >= 0.6 is 0 Å². The number of hydrogen-bond donors (Lipinski definition) is 3. The molecule has 1 aliphatic rings. The Morgan fingerprint density at radius 2 is 1.92 bits per heavy atom. The molecule has 2 aromatic rings. The van der Waals surface area contributed by atoms with E-state index in [-0.39, 0.29) is 18.6 Å². The van der Waals surface area contributed by atoms with Gasteiger partial charge in [-0.2, -0.15) is 0 Å². The third-order valence-corrected chi connectivity index (χ3v) is 4.89. The highest BCUT2D eigenvalue weighted by Gasteiger charge is 2.27. The first-order chi connectivity index (χ1) is 11.6. The van der Waals surface area contributed by atoms with Crippen LogP contribution in [0.4, 0.5) is 5.69 Å². The van der Waals surface area contributed by atoms with E-state index in [9.17, 15) is 5.11 Å². The van der Waals surface area contributed by atoms with Crippen LogP contribution in [0, 0.1) is 5.92 Å². The standard InChI is InChI=1S/C20H26N2O2/c21-17-10-9-14-5-4-6-15(11-16(14)12-17)20(22)19(23)13-24-18-7-2-1-3-8-18/h1-3,7-10,12,15,19-20,23H,4-6,11,13,21-22H2/t15?,19-,20?/m1/s1. The van der Waals surface area contributed by atoms with E-state index in [4.69, 9.17) is 16.2 Å². The first-order valence-electron chi connectivity index (χ1n) is 8.62. The minimum atomic E-state index is -0.683. The normalized spacial score (nSPS) is 19.8. The van der Waals surface area contributed by atoms with Crippen LogP contribution in [0.25, 0.3) is 0 Å². The van der Waals surface area contributed by atoms with Crippen molar-refractivity contribution in [3.05, 3.63) is 59.7 Å². The smallest absolute Gasteiger partial charge is 0.119 e. The molecule has 1 aliphatic carbocycles. The Bertz CT molecular complexity index is 660. The highest BCUT2D eigenvalue weighted by molar-refractivity contribution is 5.45. The minimum Gasteiger partial charge on any atom is -0.491 e. The number of nitrogens with two attached hydrogens (primary N) is 2. The van der Waals surface area contributed by atoms with Gasteiger partial charge in [-0.05, 0) is 67.0 Å². The van der Waals surface area contributed by atoms with E-state index in [1.165, 1.54) is 11.1 Å². The van der Waals surface area contributed by atoms with E-state index in [1.807, 2.05) is 42.5 Å². The van der Waals surface area contributed by atoms with Crippen molar-refractivity contribution in [3.63, 3.8) is 0 Å². The number of aryl methyl sites for hydroxylation is 1. The molecule has 0 amide bonds. The molecule has 5 N–H and O–H groups in total. The molecule has 128 valence electrons. The molecule has 0 aromatic heterocycles. The van der Waals surface area contributed by atoms with Crippen LogP contribution in [0.15, 0.2) is 48.5 Å². The Hall–Kier alpha value is -2.04. The van der Waals surface area contributed by atoms with Crippen LogP contribution in [0.1, 0.15) is 24.0 Å². The van der Waals surface area contributed by atoms with Crippen molar-refractivity contribution in [1.82, 2.24) is 0 Å². The van der Waals surface area contributed by atoms with E-state index < -0.39 is 6.10 Å². The monoisotopic (exact) mass is 326 g/mol. The number of aliphatic hydroxyl groups excluding tert-OH is 1. The van der Waals surface area contributed by atoms with Gasteiger partial charge in [-0.25, -0.2) is 0 Å². The Kier molecular flexibility index (Phi) is 5.38. The van der Waals surface area contributed by atoms with Gasteiger partial charge in [0.15, 0.2) is 0 Å². The summed E-state index contributed by atoms with van der Waals surface area (Å²) in [6, 6.07) is 15.3. The van der Waals surface area contributed by atoms with Crippen molar-refractivity contribution in [2.45, 2.75) is 37.8 Å². The summed E-state index contributed by atoms with van der Waals surface area (Å²) >= 11 is 0. The van der Waals surface area contributed by atoms with Crippen LogP contribution in [0.2, 0.25) is 0 Å². The average Bonchev–Trinajstić information content (AvgIpc) is 2.81. The van der Waals surface area contributed by atoms with Crippen LogP contribution < -0.4 is 16.2 Å². The van der Waals surface area contributed by atoms with Crippen molar-refractivity contribution in [1.29, 1.82) is 0 Å². The predicted octanol–water partition coefficient (Wildman–Crippen LogP) is 2.53. The third kappa shape index (κ3) is 4.08. The average molecular weight is 326 g/mol. The zero-order chi connectivity index (χ0) is 16.9. The van der Waals surface area contributed by atoms with E-state index in [1.54, 1.807) is 0 Å². The molecule has 0 bridgehead atoms. The number of para-hydroxylation sites is 1. The van der Waals surface area contributed by atoms with Gasteiger partial charge in [-0.15, -0.1) is 0 Å². The zero-order valence-corrected chi connectivity index (χ0v) is 13.9. The highest BCUT2D eigenvalue weighted by atomic mass is 16.5. The quantitative estimate of drug-likeness (QED) is 0.582. The molecule has 0 saturated carbocycles. The molecule has 0 spiro atoms. The summed E-state index contributed by atoms with van der Waals surface area (Å²) in [5, 5.41) is 10.5. The summed E-state index contributed by atoms with van der Waals surface area (Å²) in [6.45, 7) is 0.214. The van der Waals surface area contributed by atoms with Gasteiger partial charge in [0.2, 0.25) is 0 Å². The summed E-state index contributed by atoms with van der Waals surface area (Å²) in [7, 11) is 0. The fourth-order valence-electron chi connectivity index (χ4n) is 3.47. The summed E-state index contributed by atoms with van der Waals surface area (Å²) in [6.07, 6.45) is 3.33. The number of anilines is 1. The van der Waals surface area contributed by atoms with Crippen molar-refractivity contribution in [3.8, 4) is 5.75 Å². The molecular formula is C20H26N2O2. The molecule has 0 fully saturated rings. The lowest BCUT2D eigenvalue weighted by atomic mass is 9.87. The number of fused-ring (bicyclic) bond motifs is 1. The molecule has 3 rings (SSSR count). The molecule has 2 aromatic carbocycles. The van der Waals surface area contributed by atoms with Crippen LogP contribution in [0.3, 0.4) is 0 Å². The van der Waals surface area contributed by atoms with Gasteiger partial charge in [0.25, 0.3) is 0 Å². The van der Waals surface area contributed by atoms with Crippen molar-refractivity contribution < 1.29 is 9.84 Å². The maximum Gasteiger partial charge on any atom is 0.119 e. The fourth-order valence-corrected chi connectivity index (χ4v) is 3.47. The number of nitrogen functional groups attached to an aromatic ring is 1. The van der Waals surface area contributed by atoms with Gasteiger partial charge < -0.3 is 21.3 Å². The molecular weight excluding hydrogens is 300 g/mol. The first kappa shape index (κ1) is 16.8. The molecule has 4 nitrogen and oxygen atoms in total. The summed E-state index contributed by atoms with van der Waals surface area (Å²) < 4.78 is 5.65. The predicted molar refractivity (Wildman–Crippen MR) is 96.9 cm³/mol. The zero-order valence-electron chi connectivity index (χ0n) is 13.9. The van der Waals surface area contributed by atoms with Gasteiger partial charge in [0, 0.05) is 11.7 Å². The van der Waals surface area contributed by atoms with Gasteiger partial charge >= 0.3 is 0 Å². The number of aliphatic hydroxyl groups is 1. The SMILES string of the molecule is Nc1ccc2c(c1)CC(C(N)[C@H](O)COc1ccccc1)CCC2. The lowest BCUT2D eigenvalue weighted by Crippen LogP contribution is -2.45. The molecule has 0 aliphatic heterocycles. The Morgan fingerprint density at radius 3 is 2.71 bits per heavy atom. The molecule has 0 radical (unpaired) electrons. The lowest BCUT2D eigenvalue weighted by Gasteiger charge is -2.27. The maximum absolute atomic E-state index is 10.5. The highest BCUT2D eigenvalue weighted by Crippen LogP contribution is 2.28. The number of benzene rings is 2. The summed E-state index contributed by atoms with van der Waals surface area (Å²) in [5.41, 5.74) is 15.7. The fraction of sp³-hybridized carbons (Fsp3) is 0.400. The topological polar surface area (TPSA) is 81.5 Å². The number of ether oxygens (including phenoxy) is 1. The second-order valence-electron chi connectivity index (χ2n) is 6.65. The molecule has 24 heavy (non-hydrogen) atoms. The van der Waals surface area contributed by atoms with Crippen LogP contribution in [0.5, 0.6) is 5.75 Å². The Balaban J connectivity index is 1.62. The Labute approximate surface area is 143 Å². The van der Waals surface area contributed by atoms with Gasteiger partial charge in [-0.1, -0.05) is 24.3 Å². The number of hydrogen-bond acceptors (Lipinski definition) is 4. The molecule has 4 heteroatoms. The first-order valence-corrected chi connectivity index (χ1v) is 8.62. The minimum absolute atomic E-state index is 0.214. The molecule has 2 unspecified atom stereocenters. The van der Waals surface area contributed by atoms with E-state index in [0.717, 1.165) is 37.1 Å². The third-order valence-electron chi connectivity index (χ3n) is 4.89. The van der Waals surface area contributed by atoms with E-state index >= 15 is 0 Å². The summed E-state index contributed by atoms with van der Waals surface area (Å²) in [4.78, 5) is 0. The second-order valence-corrected chi connectivity index (χ2v) is 6.65. The van der Waals surface area contributed by atoms with Crippen molar-refractivity contribution in [2.24, 2.45) is 11.7 Å². The van der Waals surface area contributed by atoms with Crippen LogP contribution in [-0.2, 0) is 12.8 Å². The Morgan fingerprint density at radius 1 is 1.12 bits per heavy atom. The van der Waals surface area contributed by atoms with Crippen molar-refractivity contribution in [2.75, 3.05) is 12.3 Å². The second kappa shape index (κ2) is 7.69. The largest absolute Gasteiger partial charge is 0.491 e. The maximum atomic E-state index is 10.5. The molecule has 0 heterocycles. The number of rotatable bonds is 5. The lowest BCUT2D eigenvalue weighted by molar-refractivity contribution is 0.0645. The molecule has 3 atom stereocenters. The van der Waals surface area contributed by atoms with Crippen molar-refractivity contribution >= 4 is 5.69 Å². The van der Waals surface area contributed by atoms with Crippen LogP contribution in [-0.4, -0.2) is 23.9 Å². The van der Waals surface area contributed by atoms with E-state index in [2.05, 4.69) is 6.07 Å². The molecule has 0 saturated heterocycles.